The van der Waals surface area contributed by atoms with Gasteiger partial charge >= 0.3 is 0 Å². The molecule has 1 aromatic carbocycles. The molecule has 0 radical (unpaired) electrons. The number of imidazole rings is 1. The van der Waals surface area contributed by atoms with E-state index in [-0.39, 0.29) is 25.7 Å². The first-order valence-corrected chi connectivity index (χ1v) is 7.20. The molecule has 0 aliphatic heterocycles. The second-order valence-corrected chi connectivity index (χ2v) is 5.42. The highest BCUT2D eigenvalue weighted by Crippen LogP contribution is 2.24. The number of aliphatic hydroxyl groups is 3. The Morgan fingerprint density at radius 1 is 1.29 bits per heavy atom. The van der Waals surface area contributed by atoms with Crippen LogP contribution >= 0.6 is 0 Å². The number of nitrogens with zero attached hydrogens (tertiary/aromatic N) is 2. The highest BCUT2D eigenvalue weighted by Gasteiger charge is 2.13. The van der Waals surface area contributed by atoms with Crippen molar-refractivity contribution in [2.45, 2.75) is 32.4 Å². The third-order valence-electron chi connectivity index (χ3n) is 3.37. The standard InChI is InChI=1S/C15H23N3O3/c1-10(2)15-17-13-7-11(16-8-12(21)9-20)3-4-14(13)18(15)5-6-19/h3-4,7,10,12,16,19-21H,5-6,8-9H2,1-2H3. The van der Waals surface area contributed by atoms with Gasteiger partial charge in [-0.3, -0.25) is 0 Å². The van der Waals surface area contributed by atoms with Gasteiger partial charge in [0.25, 0.3) is 0 Å². The first kappa shape index (κ1) is 15.8. The highest BCUT2D eigenvalue weighted by atomic mass is 16.3. The normalized spacial score (nSPS) is 13.0. The van der Waals surface area contributed by atoms with Crippen LogP contribution in [-0.2, 0) is 6.54 Å². The molecule has 0 amide bonds. The fraction of sp³-hybridized carbons (Fsp3) is 0.533. The average Bonchev–Trinajstić information content (AvgIpc) is 2.83. The van der Waals surface area contributed by atoms with E-state index < -0.39 is 6.10 Å². The Bertz CT molecular complexity index is 595. The van der Waals surface area contributed by atoms with E-state index in [0.717, 1.165) is 22.5 Å². The summed E-state index contributed by atoms with van der Waals surface area (Å²) in [5, 5.41) is 30.5. The van der Waals surface area contributed by atoms with Crippen LogP contribution < -0.4 is 5.32 Å². The largest absolute Gasteiger partial charge is 0.395 e. The third kappa shape index (κ3) is 3.53. The molecule has 1 heterocycles. The van der Waals surface area contributed by atoms with Crippen LogP contribution in [0.25, 0.3) is 11.0 Å². The molecule has 0 fully saturated rings. The molecule has 0 aliphatic rings. The minimum absolute atomic E-state index is 0.0773. The topological polar surface area (TPSA) is 90.5 Å². The number of benzene rings is 1. The number of rotatable bonds is 7. The Hall–Kier alpha value is -1.63. The number of anilines is 1. The van der Waals surface area contributed by atoms with Crippen LogP contribution in [0.1, 0.15) is 25.6 Å². The second kappa shape index (κ2) is 6.89. The number of hydrogen-bond acceptors (Lipinski definition) is 5. The third-order valence-corrected chi connectivity index (χ3v) is 3.37. The molecule has 21 heavy (non-hydrogen) atoms. The fourth-order valence-electron chi connectivity index (χ4n) is 2.33. The Balaban J connectivity index is 2.31. The molecule has 0 saturated heterocycles. The van der Waals surface area contributed by atoms with Crippen molar-refractivity contribution in [3.63, 3.8) is 0 Å². The predicted octanol–water partition coefficient (Wildman–Crippen LogP) is 0.917. The van der Waals surface area contributed by atoms with Gasteiger partial charge in [0, 0.05) is 24.7 Å². The summed E-state index contributed by atoms with van der Waals surface area (Å²) >= 11 is 0. The van der Waals surface area contributed by atoms with Crippen molar-refractivity contribution in [2.24, 2.45) is 0 Å². The van der Waals surface area contributed by atoms with Crippen molar-refractivity contribution in [1.82, 2.24) is 9.55 Å². The number of aliphatic hydroxyl groups excluding tert-OH is 3. The molecular weight excluding hydrogens is 270 g/mol. The van der Waals surface area contributed by atoms with Gasteiger partial charge in [-0.25, -0.2) is 4.98 Å². The van der Waals surface area contributed by atoms with Gasteiger partial charge in [-0.05, 0) is 18.2 Å². The molecule has 1 aromatic heterocycles. The molecule has 116 valence electrons. The van der Waals surface area contributed by atoms with Crippen LogP contribution in [-0.4, -0.2) is 50.7 Å². The smallest absolute Gasteiger partial charge is 0.112 e. The van der Waals surface area contributed by atoms with Crippen LogP contribution in [0.15, 0.2) is 18.2 Å². The number of aromatic nitrogens is 2. The molecule has 0 aliphatic carbocycles. The quantitative estimate of drug-likeness (QED) is 0.609. The zero-order valence-electron chi connectivity index (χ0n) is 12.5. The van der Waals surface area contributed by atoms with Gasteiger partial charge < -0.3 is 25.2 Å². The molecule has 0 bridgehead atoms. The van der Waals surface area contributed by atoms with Crippen LogP contribution in [0.3, 0.4) is 0 Å². The predicted molar refractivity (Wildman–Crippen MR) is 82.5 cm³/mol. The Kier molecular flexibility index (Phi) is 5.17. The first-order chi connectivity index (χ1) is 10.1. The summed E-state index contributed by atoms with van der Waals surface area (Å²) < 4.78 is 2.03. The van der Waals surface area contributed by atoms with Crippen molar-refractivity contribution < 1.29 is 15.3 Å². The maximum Gasteiger partial charge on any atom is 0.112 e. The number of fused-ring (bicyclic) bond motifs is 1. The number of nitrogens with one attached hydrogen (secondary N) is 1. The van der Waals surface area contributed by atoms with Crippen molar-refractivity contribution in [1.29, 1.82) is 0 Å². The van der Waals surface area contributed by atoms with E-state index in [1.54, 1.807) is 0 Å². The monoisotopic (exact) mass is 293 g/mol. The Labute approximate surface area is 124 Å². The summed E-state index contributed by atoms with van der Waals surface area (Å²) in [6.45, 7) is 4.78. The lowest BCUT2D eigenvalue weighted by Crippen LogP contribution is -2.22. The SMILES string of the molecule is CC(C)c1nc2cc(NCC(O)CO)ccc2n1CCO. The van der Waals surface area contributed by atoms with E-state index in [1.807, 2.05) is 22.8 Å². The second-order valence-electron chi connectivity index (χ2n) is 5.42. The lowest BCUT2D eigenvalue weighted by Gasteiger charge is -2.11. The molecule has 0 saturated carbocycles. The summed E-state index contributed by atoms with van der Waals surface area (Å²) in [4.78, 5) is 4.64. The van der Waals surface area contributed by atoms with E-state index >= 15 is 0 Å². The van der Waals surface area contributed by atoms with Gasteiger partial charge in [-0.1, -0.05) is 13.8 Å². The van der Waals surface area contributed by atoms with E-state index in [2.05, 4.69) is 24.1 Å². The minimum Gasteiger partial charge on any atom is -0.395 e. The molecular formula is C15H23N3O3. The van der Waals surface area contributed by atoms with Gasteiger partial charge in [-0.15, -0.1) is 0 Å². The molecule has 6 heteroatoms. The fourth-order valence-corrected chi connectivity index (χ4v) is 2.33. The summed E-state index contributed by atoms with van der Waals surface area (Å²) in [5.74, 6) is 1.23. The number of hydrogen-bond donors (Lipinski definition) is 4. The highest BCUT2D eigenvalue weighted by molar-refractivity contribution is 5.80. The lowest BCUT2D eigenvalue weighted by atomic mass is 10.2. The summed E-state index contributed by atoms with van der Waals surface area (Å²) in [7, 11) is 0. The van der Waals surface area contributed by atoms with Crippen molar-refractivity contribution in [2.75, 3.05) is 25.1 Å². The zero-order chi connectivity index (χ0) is 15.4. The first-order valence-electron chi connectivity index (χ1n) is 7.20. The summed E-state index contributed by atoms with van der Waals surface area (Å²) in [6.07, 6.45) is -0.779. The van der Waals surface area contributed by atoms with Crippen LogP contribution in [0.2, 0.25) is 0 Å². The maximum absolute atomic E-state index is 9.36. The van der Waals surface area contributed by atoms with E-state index in [0.29, 0.717) is 6.54 Å². The zero-order valence-corrected chi connectivity index (χ0v) is 12.5. The van der Waals surface area contributed by atoms with Crippen LogP contribution in [0, 0.1) is 0 Å². The van der Waals surface area contributed by atoms with Gasteiger partial charge in [-0.2, -0.15) is 0 Å². The minimum atomic E-state index is -0.779. The molecule has 1 unspecified atom stereocenters. The maximum atomic E-state index is 9.36. The summed E-state index contributed by atoms with van der Waals surface area (Å²) in [5.41, 5.74) is 2.69. The molecule has 6 nitrogen and oxygen atoms in total. The molecule has 2 rings (SSSR count). The average molecular weight is 293 g/mol. The van der Waals surface area contributed by atoms with Gasteiger partial charge in [0.05, 0.1) is 30.4 Å². The van der Waals surface area contributed by atoms with Crippen molar-refractivity contribution >= 4 is 16.7 Å². The van der Waals surface area contributed by atoms with E-state index in [1.165, 1.54) is 0 Å². The molecule has 4 N–H and O–H groups in total. The lowest BCUT2D eigenvalue weighted by molar-refractivity contribution is 0.105. The Morgan fingerprint density at radius 2 is 2.05 bits per heavy atom. The van der Waals surface area contributed by atoms with Crippen molar-refractivity contribution in [3.05, 3.63) is 24.0 Å². The molecule has 1 atom stereocenters. The van der Waals surface area contributed by atoms with E-state index in [4.69, 9.17) is 5.11 Å². The molecule has 0 spiro atoms. The van der Waals surface area contributed by atoms with Gasteiger partial charge in [0.2, 0.25) is 0 Å². The van der Waals surface area contributed by atoms with Crippen LogP contribution in [0.4, 0.5) is 5.69 Å². The Morgan fingerprint density at radius 3 is 2.67 bits per heavy atom. The van der Waals surface area contributed by atoms with E-state index in [9.17, 15) is 10.2 Å². The van der Waals surface area contributed by atoms with Gasteiger partial charge in [0.15, 0.2) is 0 Å². The van der Waals surface area contributed by atoms with Crippen molar-refractivity contribution in [3.8, 4) is 0 Å². The summed E-state index contributed by atoms with van der Waals surface area (Å²) in [6, 6.07) is 5.78. The molecule has 2 aromatic rings. The van der Waals surface area contributed by atoms with Gasteiger partial charge in [0.1, 0.15) is 5.82 Å². The van der Waals surface area contributed by atoms with Crippen LogP contribution in [0.5, 0.6) is 0 Å².